The van der Waals surface area contributed by atoms with Crippen molar-refractivity contribution in [2.45, 2.75) is 52.0 Å². The van der Waals surface area contributed by atoms with Gasteiger partial charge in [0.05, 0.1) is 6.54 Å². The van der Waals surface area contributed by atoms with Gasteiger partial charge in [-0.2, -0.15) is 4.98 Å². The van der Waals surface area contributed by atoms with E-state index in [1.807, 2.05) is 13.0 Å². The van der Waals surface area contributed by atoms with Crippen molar-refractivity contribution in [2.24, 2.45) is 5.41 Å². The third-order valence-electron chi connectivity index (χ3n) is 6.24. The zero-order valence-electron chi connectivity index (χ0n) is 16.8. The predicted molar refractivity (Wildman–Crippen MR) is 107 cm³/mol. The summed E-state index contributed by atoms with van der Waals surface area (Å²) in [5.74, 6) is 1.82. The summed E-state index contributed by atoms with van der Waals surface area (Å²) in [4.78, 5) is 21.5. The van der Waals surface area contributed by atoms with Crippen LogP contribution in [0.15, 0.2) is 34.9 Å². The maximum absolute atomic E-state index is 12.6. The highest BCUT2D eigenvalue weighted by molar-refractivity contribution is 5.79. The number of hydrogen-bond acceptors (Lipinski definition) is 5. The number of nitrogens with zero attached hydrogens (tertiary/aromatic N) is 4. The Morgan fingerprint density at radius 1 is 1.18 bits per heavy atom. The smallest absolute Gasteiger partial charge is 0.226 e. The number of likely N-dealkylation sites (tertiary alicyclic amines) is 2. The van der Waals surface area contributed by atoms with Crippen LogP contribution in [0.5, 0.6) is 0 Å². The molecular formula is C22H30N4O2. The van der Waals surface area contributed by atoms with Gasteiger partial charge in [0, 0.05) is 25.9 Å². The lowest BCUT2D eigenvalue weighted by Gasteiger charge is -2.38. The summed E-state index contributed by atoms with van der Waals surface area (Å²) in [7, 11) is 0. The number of rotatable bonds is 7. The quantitative estimate of drug-likeness (QED) is 0.736. The molecule has 6 nitrogen and oxygen atoms in total. The molecule has 0 N–H and O–H groups in total. The number of carbonyl (C=O) groups excluding carboxylic acids is 1. The highest BCUT2D eigenvalue weighted by atomic mass is 16.5. The molecule has 1 spiro atoms. The van der Waals surface area contributed by atoms with E-state index < -0.39 is 0 Å². The Hall–Kier alpha value is -2.21. The molecule has 0 atom stereocenters. The second-order valence-corrected chi connectivity index (χ2v) is 8.32. The van der Waals surface area contributed by atoms with Crippen molar-refractivity contribution in [1.82, 2.24) is 19.9 Å². The van der Waals surface area contributed by atoms with E-state index in [1.54, 1.807) is 0 Å². The van der Waals surface area contributed by atoms with Crippen LogP contribution in [0.1, 0.15) is 49.9 Å². The van der Waals surface area contributed by atoms with Crippen molar-refractivity contribution in [3.8, 4) is 0 Å². The number of hydrogen-bond donors (Lipinski definition) is 0. The monoisotopic (exact) mass is 382 g/mol. The second kappa shape index (κ2) is 8.43. The number of amides is 1. The summed E-state index contributed by atoms with van der Waals surface area (Å²) < 4.78 is 5.21. The zero-order chi connectivity index (χ0) is 19.4. The molecule has 6 heteroatoms. The van der Waals surface area contributed by atoms with Crippen molar-refractivity contribution in [3.05, 3.63) is 47.6 Å². The summed E-state index contributed by atoms with van der Waals surface area (Å²) in [6.07, 6.45) is 5.72. The van der Waals surface area contributed by atoms with Crippen molar-refractivity contribution in [1.29, 1.82) is 0 Å². The first-order valence-corrected chi connectivity index (χ1v) is 10.5. The molecule has 0 saturated carbocycles. The fourth-order valence-electron chi connectivity index (χ4n) is 4.52. The highest BCUT2D eigenvalue weighted by Gasteiger charge is 2.44. The number of piperidine rings is 1. The molecule has 0 unspecified atom stereocenters. The van der Waals surface area contributed by atoms with E-state index in [4.69, 9.17) is 4.52 Å². The Morgan fingerprint density at radius 3 is 2.68 bits per heavy atom. The van der Waals surface area contributed by atoms with Gasteiger partial charge in [-0.05, 0) is 49.8 Å². The molecule has 1 aromatic carbocycles. The first-order valence-electron chi connectivity index (χ1n) is 10.5. The average Bonchev–Trinajstić information content (AvgIpc) is 3.29. The van der Waals surface area contributed by atoms with Crippen LogP contribution in [0.2, 0.25) is 0 Å². The van der Waals surface area contributed by atoms with Crippen LogP contribution >= 0.6 is 0 Å². The highest BCUT2D eigenvalue weighted by Crippen LogP contribution is 2.41. The molecule has 2 aromatic rings. The summed E-state index contributed by atoms with van der Waals surface area (Å²) in [6, 6.07) is 10.5. The van der Waals surface area contributed by atoms with Crippen molar-refractivity contribution >= 4 is 5.91 Å². The lowest BCUT2D eigenvalue weighted by molar-refractivity contribution is -0.127. The van der Waals surface area contributed by atoms with E-state index in [-0.39, 0.29) is 5.41 Å². The predicted octanol–water partition coefficient (Wildman–Crippen LogP) is 3.08. The van der Waals surface area contributed by atoms with Gasteiger partial charge in [0.2, 0.25) is 11.8 Å². The molecular weight excluding hydrogens is 352 g/mol. The Bertz CT molecular complexity index is 781. The molecule has 2 aliphatic rings. The normalized spacial score (nSPS) is 19.6. The summed E-state index contributed by atoms with van der Waals surface area (Å²) >= 11 is 0. The molecule has 2 fully saturated rings. The average molecular weight is 383 g/mol. The fraction of sp³-hybridized carbons (Fsp3) is 0.591. The van der Waals surface area contributed by atoms with Crippen LogP contribution in [-0.2, 0) is 24.2 Å². The Balaban J connectivity index is 1.24. The molecule has 3 heterocycles. The maximum Gasteiger partial charge on any atom is 0.226 e. The molecule has 1 aromatic heterocycles. The fourth-order valence-corrected chi connectivity index (χ4v) is 4.52. The Labute approximate surface area is 166 Å². The largest absolute Gasteiger partial charge is 0.342 e. The van der Waals surface area contributed by atoms with Crippen LogP contribution in [-0.4, -0.2) is 52.0 Å². The first-order chi connectivity index (χ1) is 13.7. The summed E-state index contributed by atoms with van der Waals surface area (Å²) in [5, 5.41) is 4.06. The van der Waals surface area contributed by atoms with Crippen molar-refractivity contribution < 1.29 is 9.32 Å². The van der Waals surface area contributed by atoms with Crippen LogP contribution in [0.25, 0.3) is 0 Å². The van der Waals surface area contributed by atoms with Gasteiger partial charge >= 0.3 is 0 Å². The van der Waals surface area contributed by atoms with E-state index in [0.717, 1.165) is 70.7 Å². The summed E-state index contributed by atoms with van der Waals surface area (Å²) in [5.41, 5.74) is 1.52. The Kier molecular flexibility index (Phi) is 5.76. The van der Waals surface area contributed by atoms with E-state index in [9.17, 15) is 4.79 Å². The zero-order valence-corrected chi connectivity index (χ0v) is 16.8. The minimum absolute atomic E-state index is 0.173. The van der Waals surface area contributed by atoms with Crippen LogP contribution in [0.3, 0.4) is 0 Å². The van der Waals surface area contributed by atoms with E-state index >= 15 is 0 Å². The van der Waals surface area contributed by atoms with Crippen LogP contribution in [0.4, 0.5) is 0 Å². The topological polar surface area (TPSA) is 62.5 Å². The van der Waals surface area contributed by atoms with Gasteiger partial charge in [0.15, 0.2) is 5.82 Å². The van der Waals surface area contributed by atoms with Gasteiger partial charge < -0.3 is 9.42 Å². The van der Waals surface area contributed by atoms with Gasteiger partial charge in [-0.15, -0.1) is 0 Å². The third-order valence-corrected chi connectivity index (χ3v) is 6.24. The summed E-state index contributed by atoms with van der Waals surface area (Å²) in [6.45, 7) is 6.57. The van der Waals surface area contributed by atoms with Gasteiger partial charge in [0.25, 0.3) is 0 Å². The number of aromatic nitrogens is 2. The molecule has 1 amide bonds. The van der Waals surface area contributed by atoms with E-state index in [2.05, 4.69) is 44.2 Å². The molecule has 2 saturated heterocycles. The molecule has 150 valence electrons. The van der Waals surface area contributed by atoms with E-state index in [0.29, 0.717) is 18.2 Å². The van der Waals surface area contributed by atoms with Gasteiger partial charge in [-0.3, -0.25) is 9.69 Å². The molecule has 0 aliphatic carbocycles. The van der Waals surface area contributed by atoms with Crippen LogP contribution < -0.4 is 0 Å². The standard InChI is InChI=1S/C22H30N4O2/c1-2-20-23-19(24-28-20)16-25-13-10-22(11-14-25)15-21(27)26(17-22)12-6-9-18-7-4-3-5-8-18/h3-5,7-8H,2,6,9-17H2,1H3. The number of aryl methyl sites for hydroxylation is 2. The first kappa shape index (κ1) is 19.1. The van der Waals surface area contributed by atoms with Gasteiger partial charge in [0.1, 0.15) is 0 Å². The third kappa shape index (κ3) is 4.43. The van der Waals surface area contributed by atoms with Gasteiger partial charge in [-0.25, -0.2) is 0 Å². The molecule has 0 radical (unpaired) electrons. The lowest BCUT2D eigenvalue weighted by atomic mass is 9.77. The van der Waals surface area contributed by atoms with Crippen molar-refractivity contribution in [2.75, 3.05) is 26.2 Å². The van der Waals surface area contributed by atoms with Crippen molar-refractivity contribution in [3.63, 3.8) is 0 Å². The van der Waals surface area contributed by atoms with E-state index in [1.165, 1.54) is 5.56 Å². The van der Waals surface area contributed by atoms with Gasteiger partial charge in [-0.1, -0.05) is 42.4 Å². The SMILES string of the molecule is CCc1nc(CN2CCC3(CC2)CC(=O)N(CCCc2ccccc2)C3)no1. The molecule has 28 heavy (non-hydrogen) atoms. The molecule has 0 bridgehead atoms. The minimum atomic E-state index is 0.173. The number of benzene rings is 1. The maximum atomic E-state index is 12.6. The minimum Gasteiger partial charge on any atom is -0.342 e. The second-order valence-electron chi connectivity index (χ2n) is 8.32. The lowest BCUT2D eigenvalue weighted by Crippen LogP contribution is -2.41. The Morgan fingerprint density at radius 2 is 1.96 bits per heavy atom. The number of carbonyl (C=O) groups is 1. The molecule has 2 aliphatic heterocycles. The molecule has 4 rings (SSSR count). The van der Waals surface area contributed by atoms with Crippen LogP contribution in [0, 0.1) is 5.41 Å².